The van der Waals surface area contributed by atoms with Crippen LogP contribution in [0.4, 0.5) is 13.2 Å². The van der Waals surface area contributed by atoms with Crippen molar-refractivity contribution in [3.8, 4) is 11.1 Å². The molecule has 150 valence electrons. The lowest BCUT2D eigenvalue weighted by Gasteiger charge is -2.17. The summed E-state index contributed by atoms with van der Waals surface area (Å²) in [5.74, 6) is -1.15. The van der Waals surface area contributed by atoms with E-state index in [-0.39, 0.29) is 18.6 Å². The zero-order valence-corrected chi connectivity index (χ0v) is 15.4. The molecule has 0 aliphatic carbocycles. The van der Waals surface area contributed by atoms with E-state index in [0.717, 1.165) is 12.1 Å². The summed E-state index contributed by atoms with van der Waals surface area (Å²) >= 11 is 0. The maximum atomic E-state index is 12.8. The molecule has 0 aliphatic heterocycles. The Morgan fingerprint density at radius 2 is 1.68 bits per heavy atom. The first kappa shape index (κ1) is 21.4. The Morgan fingerprint density at radius 1 is 1.04 bits per heavy atom. The molecule has 5 nitrogen and oxygen atoms in total. The Kier molecular flexibility index (Phi) is 7.17. The van der Waals surface area contributed by atoms with E-state index in [2.05, 4.69) is 5.32 Å². The van der Waals surface area contributed by atoms with E-state index in [1.807, 2.05) is 0 Å². The van der Waals surface area contributed by atoms with Crippen LogP contribution < -0.4 is 5.32 Å². The highest BCUT2D eigenvalue weighted by Gasteiger charge is 2.30. The normalized spacial score (nSPS) is 12.3. The fraction of sp³-hybridized carbons (Fsp3) is 0.300. The minimum atomic E-state index is -4.44. The molecule has 0 heterocycles. The molecule has 28 heavy (non-hydrogen) atoms. The molecule has 1 unspecified atom stereocenters. The van der Waals surface area contributed by atoms with Gasteiger partial charge in [0.05, 0.1) is 12.7 Å². The second-order valence-electron chi connectivity index (χ2n) is 5.95. The van der Waals surface area contributed by atoms with Gasteiger partial charge in [0.15, 0.2) is 0 Å². The molecular weight excluding hydrogens is 375 g/mol. The number of hydrogen-bond acceptors (Lipinski definition) is 4. The highest BCUT2D eigenvalue weighted by atomic mass is 19.4. The number of methoxy groups -OCH3 is 2. The van der Waals surface area contributed by atoms with Crippen molar-refractivity contribution in [3.63, 3.8) is 0 Å². The van der Waals surface area contributed by atoms with Gasteiger partial charge in [-0.15, -0.1) is 0 Å². The summed E-state index contributed by atoms with van der Waals surface area (Å²) in [6.07, 6.45) is -4.22. The molecule has 0 fully saturated rings. The molecule has 1 amide bonds. The fourth-order valence-electron chi connectivity index (χ4n) is 2.63. The third kappa shape index (κ3) is 5.32. The number of halogens is 3. The molecule has 1 N–H and O–H groups in total. The van der Waals surface area contributed by atoms with Crippen molar-refractivity contribution in [2.24, 2.45) is 0 Å². The van der Waals surface area contributed by atoms with Crippen LogP contribution in [-0.2, 0) is 20.4 Å². The standard InChI is InChI=1S/C20H20F3NO4/c1-27-12-11-17(19(26)28-2)24-18(25)16-6-4-3-5-15(16)13-7-9-14(10-8-13)20(21,22)23/h3-10,17H,11-12H2,1-2H3,(H,24,25). The van der Waals surface area contributed by atoms with E-state index in [1.54, 1.807) is 18.2 Å². The van der Waals surface area contributed by atoms with E-state index in [1.165, 1.54) is 32.4 Å². The van der Waals surface area contributed by atoms with Crippen LogP contribution in [0.15, 0.2) is 48.5 Å². The molecule has 0 bridgehead atoms. The van der Waals surface area contributed by atoms with Gasteiger partial charge in [-0.3, -0.25) is 4.79 Å². The average Bonchev–Trinajstić information content (AvgIpc) is 2.69. The molecular formula is C20H20F3NO4. The van der Waals surface area contributed by atoms with Crippen molar-refractivity contribution in [1.82, 2.24) is 5.32 Å². The average molecular weight is 395 g/mol. The molecule has 2 aromatic carbocycles. The van der Waals surface area contributed by atoms with Crippen LogP contribution in [0.2, 0.25) is 0 Å². The van der Waals surface area contributed by atoms with Crippen molar-refractivity contribution < 1.29 is 32.2 Å². The number of carbonyl (C=O) groups is 2. The van der Waals surface area contributed by atoms with Crippen molar-refractivity contribution in [2.75, 3.05) is 20.8 Å². The Balaban J connectivity index is 2.29. The van der Waals surface area contributed by atoms with Crippen LogP contribution in [0.25, 0.3) is 11.1 Å². The minimum Gasteiger partial charge on any atom is -0.467 e. The Hall–Kier alpha value is -2.87. The Bertz CT molecular complexity index is 819. The topological polar surface area (TPSA) is 64.6 Å². The van der Waals surface area contributed by atoms with Crippen molar-refractivity contribution in [3.05, 3.63) is 59.7 Å². The summed E-state index contributed by atoms with van der Waals surface area (Å²) < 4.78 is 47.9. The number of benzene rings is 2. The number of rotatable bonds is 7. The monoisotopic (exact) mass is 395 g/mol. The van der Waals surface area contributed by atoms with Crippen molar-refractivity contribution in [1.29, 1.82) is 0 Å². The van der Waals surface area contributed by atoms with Gasteiger partial charge >= 0.3 is 12.1 Å². The molecule has 0 aliphatic rings. The lowest BCUT2D eigenvalue weighted by Crippen LogP contribution is -2.42. The largest absolute Gasteiger partial charge is 0.467 e. The third-order valence-electron chi connectivity index (χ3n) is 4.10. The highest BCUT2D eigenvalue weighted by Crippen LogP contribution is 2.31. The zero-order chi connectivity index (χ0) is 20.7. The predicted molar refractivity (Wildman–Crippen MR) is 96.6 cm³/mol. The van der Waals surface area contributed by atoms with Crippen LogP contribution in [0.3, 0.4) is 0 Å². The van der Waals surface area contributed by atoms with Crippen LogP contribution in [-0.4, -0.2) is 38.7 Å². The maximum absolute atomic E-state index is 12.8. The van der Waals surface area contributed by atoms with E-state index in [0.29, 0.717) is 11.1 Å². The molecule has 1 atom stereocenters. The summed E-state index contributed by atoms with van der Waals surface area (Å²) in [6, 6.07) is 10.1. The van der Waals surface area contributed by atoms with Gasteiger partial charge in [-0.1, -0.05) is 30.3 Å². The number of carbonyl (C=O) groups excluding carboxylic acids is 2. The fourth-order valence-corrected chi connectivity index (χ4v) is 2.63. The third-order valence-corrected chi connectivity index (χ3v) is 4.10. The molecule has 0 aromatic heterocycles. The number of ether oxygens (including phenoxy) is 2. The predicted octanol–water partition coefficient (Wildman–Crippen LogP) is 3.68. The molecule has 8 heteroatoms. The lowest BCUT2D eigenvalue weighted by molar-refractivity contribution is -0.143. The summed E-state index contributed by atoms with van der Waals surface area (Å²) in [7, 11) is 2.68. The summed E-state index contributed by atoms with van der Waals surface area (Å²) in [4.78, 5) is 24.6. The van der Waals surface area contributed by atoms with Gasteiger partial charge in [-0.25, -0.2) is 4.79 Å². The molecule has 2 rings (SSSR count). The molecule has 0 saturated carbocycles. The number of esters is 1. The Morgan fingerprint density at radius 3 is 2.25 bits per heavy atom. The first-order valence-electron chi connectivity index (χ1n) is 8.42. The van der Waals surface area contributed by atoms with Crippen LogP contribution in [0.1, 0.15) is 22.3 Å². The molecule has 0 radical (unpaired) electrons. The lowest BCUT2D eigenvalue weighted by atomic mass is 9.98. The minimum absolute atomic E-state index is 0.220. The summed E-state index contributed by atoms with van der Waals surface area (Å²) in [6.45, 7) is 0.237. The molecule has 0 saturated heterocycles. The second-order valence-corrected chi connectivity index (χ2v) is 5.95. The zero-order valence-electron chi connectivity index (χ0n) is 15.4. The summed E-state index contributed by atoms with van der Waals surface area (Å²) in [5.41, 5.74) is 0.353. The highest BCUT2D eigenvalue weighted by molar-refractivity contribution is 6.02. The van der Waals surface area contributed by atoms with Gasteiger partial charge in [0.2, 0.25) is 0 Å². The van der Waals surface area contributed by atoms with Crippen LogP contribution in [0.5, 0.6) is 0 Å². The van der Waals surface area contributed by atoms with Gasteiger partial charge in [0, 0.05) is 25.7 Å². The van der Waals surface area contributed by atoms with Gasteiger partial charge in [0.25, 0.3) is 5.91 Å². The molecule has 0 spiro atoms. The number of alkyl halides is 3. The van der Waals surface area contributed by atoms with E-state index in [4.69, 9.17) is 9.47 Å². The second kappa shape index (κ2) is 9.36. The van der Waals surface area contributed by atoms with Gasteiger partial charge < -0.3 is 14.8 Å². The summed E-state index contributed by atoms with van der Waals surface area (Å²) in [5, 5.41) is 2.59. The quantitative estimate of drug-likeness (QED) is 0.727. The van der Waals surface area contributed by atoms with E-state index >= 15 is 0 Å². The van der Waals surface area contributed by atoms with Crippen molar-refractivity contribution in [2.45, 2.75) is 18.6 Å². The van der Waals surface area contributed by atoms with Gasteiger partial charge in [0.1, 0.15) is 6.04 Å². The van der Waals surface area contributed by atoms with Gasteiger partial charge in [-0.05, 0) is 29.3 Å². The number of nitrogens with one attached hydrogen (secondary N) is 1. The van der Waals surface area contributed by atoms with Crippen LogP contribution >= 0.6 is 0 Å². The van der Waals surface area contributed by atoms with Crippen LogP contribution in [0, 0.1) is 0 Å². The first-order valence-corrected chi connectivity index (χ1v) is 8.42. The van der Waals surface area contributed by atoms with E-state index < -0.39 is 29.7 Å². The van der Waals surface area contributed by atoms with Gasteiger partial charge in [-0.2, -0.15) is 13.2 Å². The maximum Gasteiger partial charge on any atom is 0.416 e. The number of hydrogen-bond donors (Lipinski definition) is 1. The van der Waals surface area contributed by atoms with Crippen molar-refractivity contribution >= 4 is 11.9 Å². The smallest absolute Gasteiger partial charge is 0.416 e. The Labute approximate surface area is 160 Å². The first-order chi connectivity index (χ1) is 13.3. The number of amides is 1. The SMILES string of the molecule is COCCC(NC(=O)c1ccccc1-c1ccc(C(F)(F)F)cc1)C(=O)OC. The van der Waals surface area contributed by atoms with E-state index in [9.17, 15) is 22.8 Å². The molecule has 2 aromatic rings.